The summed E-state index contributed by atoms with van der Waals surface area (Å²) in [6, 6.07) is -0.595. The highest BCUT2D eigenvalue weighted by Gasteiger charge is 2.30. The molecule has 1 aromatic rings. The molecule has 0 fully saturated rings. The molecule has 0 saturated carbocycles. The van der Waals surface area contributed by atoms with E-state index in [0.29, 0.717) is 5.16 Å². The van der Waals surface area contributed by atoms with Gasteiger partial charge in [-0.2, -0.15) is 0 Å². The van der Waals surface area contributed by atoms with Crippen LogP contribution in [0, 0.1) is 5.92 Å². The van der Waals surface area contributed by atoms with Gasteiger partial charge in [0.05, 0.1) is 19.3 Å². The molecule has 8 nitrogen and oxygen atoms in total. The average Bonchev–Trinajstić information content (AvgIpc) is 2.92. The molecule has 1 rings (SSSR count). The highest BCUT2D eigenvalue weighted by molar-refractivity contribution is 8.00. The number of thioether (sulfide) groups is 1. The van der Waals surface area contributed by atoms with Crippen LogP contribution in [-0.4, -0.2) is 46.0 Å². The molecule has 148 valence electrons. The van der Waals surface area contributed by atoms with Gasteiger partial charge < -0.3 is 15.2 Å². The van der Waals surface area contributed by atoms with Gasteiger partial charge in [0, 0.05) is 13.0 Å². The number of nitrogens with two attached hydrogens (primary N) is 1. The van der Waals surface area contributed by atoms with Crippen molar-refractivity contribution in [2.45, 2.75) is 70.0 Å². The topological polar surface area (TPSA) is 107 Å². The molecule has 3 amide bonds. The normalized spacial score (nSPS) is 13.8. The van der Waals surface area contributed by atoms with E-state index in [1.807, 2.05) is 13.8 Å². The fourth-order valence-electron chi connectivity index (χ4n) is 2.82. The van der Waals surface area contributed by atoms with Crippen LogP contribution in [0.4, 0.5) is 4.79 Å². The van der Waals surface area contributed by atoms with Crippen LogP contribution in [0.5, 0.6) is 0 Å². The van der Waals surface area contributed by atoms with E-state index in [-0.39, 0.29) is 12.0 Å². The number of hydrogen-bond donors (Lipinski definition) is 3. The summed E-state index contributed by atoms with van der Waals surface area (Å²) in [6.07, 6.45) is 3.02. The highest BCUT2D eigenvalue weighted by Crippen LogP contribution is 2.29. The van der Waals surface area contributed by atoms with E-state index in [2.05, 4.69) is 48.0 Å². The van der Waals surface area contributed by atoms with Gasteiger partial charge >= 0.3 is 6.03 Å². The molecule has 0 unspecified atom stereocenters. The van der Waals surface area contributed by atoms with Crippen molar-refractivity contribution >= 4 is 23.7 Å². The Labute approximate surface area is 160 Å². The Balaban J connectivity index is 3.18. The average molecular weight is 386 g/mol. The van der Waals surface area contributed by atoms with Gasteiger partial charge in [-0.05, 0) is 12.3 Å². The molecule has 0 aliphatic heterocycles. The first-order chi connectivity index (χ1) is 12.2. The van der Waals surface area contributed by atoms with Crippen molar-refractivity contribution < 1.29 is 14.5 Å². The van der Waals surface area contributed by atoms with Crippen molar-refractivity contribution in [2.75, 3.05) is 14.1 Å². The minimum atomic E-state index is -0.836. The van der Waals surface area contributed by atoms with Crippen molar-refractivity contribution in [1.29, 1.82) is 0 Å². The largest absolute Gasteiger partial charge is 0.351 e. The Morgan fingerprint density at radius 2 is 1.92 bits per heavy atom. The predicted octanol–water partition coefficient (Wildman–Crippen LogP) is 0.985. The standard InChI is InChI=1S/C17H32N6O2S/c1-7-9-10-23-14(12(8-2)22(5)6)20-21-17(23)26-13(11(3)4)15(24)19-16(18)25/h11-13H,7-10H2,1-6H3,(H3,18,19,24,25)/p+1/t12-,13+/m0/s1. The first-order valence-electron chi connectivity index (χ1n) is 9.22. The second-order valence-electron chi connectivity index (χ2n) is 7.02. The van der Waals surface area contributed by atoms with Gasteiger partial charge in [0.1, 0.15) is 6.04 Å². The van der Waals surface area contributed by atoms with E-state index in [4.69, 9.17) is 5.73 Å². The number of urea groups is 1. The van der Waals surface area contributed by atoms with Gasteiger partial charge in [-0.1, -0.05) is 45.9 Å². The van der Waals surface area contributed by atoms with E-state index in [1.165, 1.54) is 16.7 Å². The Morgan fingerprint density at radius 1 is 1.27 bits per heavy atom. The van der Waals surface area contributed by atoms with Crippen LogP contribution in [0.1, 0.15) is 58.8 Å². The SMILES string of the molecule is CCCCn1c(S[C@@H](C(=O)NC(N)=O)C(C)C)nnc1[C@H](CC)[NH+](C)C. The molecule has 0 spiro atoms. The van der Waals surface area contributed by atoms with E-state index >= 15 is 0 Å². The lowest BCUT2D eigenvalue weighted by molar-refractivity contribution is -0.893. The molecule has 1 heterocycles. The summed E-state index contributed by atoms with van der Waals surface area (Å²) in [5, 5.41) is 11.2. The number of primary amides is 1. The van der Waals surface area contributed by atoms with Crippen molar-refractivity contribution in [3.8, 4) is 0 Å². The monoisotopic (exact) mass is 385 g/mol. The molecule has 26 heavy (non-hydrogen) atoms. The maximum Gasteiger partial charge on any atom is 0.318 e. The fraction of sp³-hybridized carbons (Fsp3) is 0.765. The number of hydrogen-bond acceptors (Lipinski definition) is 5. The minimum absolute atomic E-state index is 0.0144. The zero-order chi connectivity index (χ0) is 19.9. The van der Waals surface area contributed by atoms with Gasteiger partial charge in [-0.25, -0.2) is 4.79 Å². The number of aromatic nitrogens is 3. The molecule has 1 aromatic heterocycles. The molecular formula is C17H33N6O2S+. The van der Waals surface area contributed by atoms with Crippen molar-refractivity contribution in [3.05, 3.63) is 5.82 Å². The van der Waals surface area contributed by atoms with Gasteiger partial charge in [0.25, 0.3) is 0 Å². The van der Waals surface area contributed by atoms with Crippen LogP contribution in [0.3, 0.4) is 0 Å². The summed E-state index contributed by atoms with van der Waals surface area (Å²) < 4.78 is 2.13. The first kappa shape index (κ1) is 22.4. The van der Waals surface area contributed by atoms with Crippen molar-refractivity contribution in [1.82, 2.24) is 20.1 Å². The maximum absolute atomic E-state index is 12.3. The van der Waals surface area contributed by atoms with Crippen LogP contribution in [-0.2, 0) is 11.3 Å². The lowest BCUT2D eigenvalue weighted by Crippen LogP contribution is -3.06. The van der Waals surface area contributed by atoms with Gasteiger partial charge in [0.2, 0.25) is 5.91 Å². The van der Waals surface area contributed by atoms with E-state index < -0.39 is 17.2 Å². The molecule has 0 aliphatic rings. The summed E-state index contributed by atoms with van der Waals surface area (Å²) in [6.45, 7) is 8.96. The number of unbranched alkanes of at least 4 members (excludes halogenated alkanes) is 1. The quantitative estimate of drug-likeness (QED) is 0.521. The zero-order valence-corrected chi connectivity index (χ0v) is 17.5. The lowest BCUT2D eigenvalue weighted by atomic mass is 10.1. The number of imide groups is 1. The number of carbonyl (C=O) groups excluding carboxylic acids is 2. The second-order valence-corrected chi connectivity index (χ2v) is 8.13. The number of amides is 3. The molecule has 4 N–H and O–H groups in total. The molecule has 2 atom stereocenters. The van der Waals surface area contributed by atoms with Crippen LogP contribution in [0.2, 0.25) is 0 Å². The van der Waals surface area contributed by atoms with Crippen LogP contribution < -0.4 is 16.0 Å². The summed E-state index contributed by atoms with van der Waals surface area (Å²) in [4.78, 5) is 24.7. The number of nitrogens with zero attached hydrogens (tertiary/aromatic N) is 3. The Morgan fingerprint density at radius 3 is 2.38 bits per heavy atom. The number of rotatable bonds is 10. The number of carbonyl (C=O) groups is 2. The summed E-state index contributed by atoms with van der Waals surface area (Å²) in [7, 11) is 4.22. The van der Waals surface area contributed by atoms with E-state index in [0.717, 1.165) is 31.6 Å². The van der Waals surface area contributed by atoms with E-state index in [1.54, 1.807) is 0 Å². The third-order valence-corrected chi connectivity index (χ3v) is 5.77. The first-order valence-corrected chi connectivity index (χ1v) is 10.1. The Kier molecular flexibility index (Phi) is 9.07. The predicted molar refractivity (Wildman–Crippen MR) is 103 cm³/mol. The zero-order valence-electron chi connectivity index (χ0n) is 16.7. The summed E-state index contributed by atoms with van der Waals surface area (Å²) >= 11 is 1.34. The molecule has 0 radical (unpaired) electrons. The number of quaternary nitrogens is 1. The molecule has 0 aromatic carbocycles. The van der Waals surface area contributed by atoms with Gasteiger partial charge in [-0.3, -0.25) is 10.1 Å². The van der Waals surface area contributed by atoms with Gasteiger partial charge in [-0.15, -0.1) is 10.2 Å². The van der Waals surface area contributed by atoms with Crippen molar-refractivity contribution in [3.63, 3.8) is 0 Å². The molecule has 0 bridgehead atoms. The Bertz CT molecular complexity index is 602. The molecule has 0 aliphatic carbocycles. The fourth-order valence-corrected chi connectivity index (χ4v) is 3.88. The van der Waals surface area contributed by atoms with Crippen LogP contribution in [0.15, 0.2) is 5.16 Å². The molecule has 0 saturated heterocycles. The highest BCUT2D eigenvalue weighted by atomic mass is 32.2. The maximum atomic E-state index is 12.3. The minimum Gasteiger partial charge on any atom is -0.351 e. The third kappa shape index (κ3) is 5.98. The molecular weight excluding hydrogens is 352 g/mol. The van der Waals surface area contributed by atoms with Crippen LogP contribution in [0.25, 0.3) is 0 Å². The lowest BCUT2D eigenvalue weighted by Gasteiger charge is -2.22. The third-order valence-electron chi connectivity index (χ3n) is 4.24. The van der Waals surface area contributed by atoms with Crippen molar-refractivity contribution in [2.24, 2.45) is 11.7 Å². The summed E-state index contributed by atoms with van der Waals surface area (Å²) in [5.74, 6) is 0.566. The molecule has 9 heteroatoms. The summed E-state index contributed by atoms with van der Waals surface area (Å²) in [5.41, 5.74) is 5.10. The second kappa shape index (κ2) is 10.5. The smallest absolute Gasteiger partial charge is 0.318 e. The van der Waals surface area contributed by atoms with Crippen LogP contribution >= 0.6 is 11.8 Å². The van der Waals surface area contributed by atoms with E-state index in [9.17, 15) is 9.59 Å². The number of nitrogens with one attached hydrogen (secondary N) is 2. The van der Waals surface area contributed by atoms with Gasteiger partial charge in [0.15, 0.2) is 11.0 Å². The Hall–Kier alpha value is -1.61.